The van der Waals surface area contributed by atoms with Gasteiger partial charge in [0.2, 0.25) is 65.0 Å². The van der Waals surface area contributed by atoms with Crippen molar-refractivity contribution in [2.24, 2.45) is 23.1 Å². The number of carbonyl (C=O) groups is 12. The van der Waals surface area contributed by atoms with Crippen molar-refractivity contribution in [3.05, 3.63) is 65.5 Å². The van der Waals surface area contributed by atoms with E-state index in [1.165, 1.54) is 40.2 Å². The highest BCUT2D eigenvalue weighted by atomic mass is 32.2. The molecule has 33 nitrogen and oxygen atoms in total. The molecule has 2 saturated heterocycles. The number of nitrogens with one attached hydrogen (secondary N) is 10. The van der Waals surface area contributed by atoms with E-state index in [1.54, 1.807) is 42.7 Å². The van der Waals surface area contributed by atoms with E-state index in [4.69, 9.17) is 31.4 Å². The second kappa shape index (κ2) is 49.2. The Morgan fingerprint density at radius 3 is 1.85 bits per heavy atom. The SMILES string of the molecule is CCCC[C@H](NC(=O)CCC(=O)NCCCOCCOCCOCCCNC(=O)C(CNCCN)CNCCN)C(=O)N[C@H]1CSCc2cncc(c2)CSCC(C(=O)O)NC(=O)[C@H](Cc2ccccc2)NC(=O)[C@H](CCC(N)=O)NC(=O)[C@H]([C@@H](C)O)NC(=O)[C@@H]2CCCN2C(=O)[C@@H]2CCCN2C1=O. The summed E-state index contributed by atoms with van der Waals surface area (Å²) in [6, 6.07) is -0.489. The van der Waals surface area contributed by atoms with Crippen molar-refractivity contribution in [2.75, 3.05) is 117 Å². The number of fused-ring (bicyclic) bond motifs is 4. The molecule has 0 radical (unpaired) electrons. The lowest BCUT2D eigenvalue weighted by Gasteiger charge is -2.34. The molecule has 1 unspecified atom stereocenters. The van der Waals surface area contributed by atoms with Crippen LogP contribution in [-0.4, -0.2) is 267 Å². The minimum Gasteiger partial charge on any atom is -0.480 e. The van der Waals surface area contributed by atoms with Gasteiger partial charge in [-0.1, -0.05) is 56.2 Å². The average Bonchev–Trinajstić information content (AvgIpc) is 1.63. The van der Waals surface area contributed by atoms with Crippen molar-refractivity contribution < 1.29 is 82.0 Å². The number of rotatable bonds is 39. The number of unbranched alkanes of at least 4 members (excludes halogenated alkanes) is 1. The van der Waals surface area contributed by atoms with E-state index < -0.39 is 126 Å². The van der Waals surface area contributed by atoms with Gasteiger partial charge in [-0.25, -0.2) is 4.79 Å². The van der Waals surface area contributed by atoms with Crippen LogP contribution in [0.5, 0.6) is 0 Å². The third-order valence-electron chi connectivity index (χ3n) is 17.3. The molecule has 4 heterocycles. The lowest BCUT2D eigenvalue weighted by molar-refractivity contribution is -0.148. The number of amides is 11. The van der Waals surface area contributed by atoms with E-state index in [9.17, 15) is 63.0 Å². The standard InChI is InChI=1S/C69H110N16O17S2/c1-3-4-14-50(78-59(89)20-19-58(88)76-23-10-29-100-31-33-102-34-32-101-30-11-24-77-61(90)49(39-73-25-21-70)40-74-26-22-71)62(91)81-53-43-103-41-47-35-48(38-75-37-47)42-104-44-54(69(98)99)82-64(93)52(36-46-12-6-5-7-13-46)80-63(92)51(17-18-57(72)87)79-66(95)60(45(2)86)83-65(94)55-15-8-27-84(55)68(97)56-16-9-28-85(56)67(53)96/h5-7,12-13,35,37-38,45,49-56,60,73-74,86H,3-4,8-11,14-34,36,39-44,70-71H2,1-2H3,(H2,72,87)(H,76,88)(H,77,90)(H,78,89)(H,79,95)(H,80,92)(H,81,91)(H,82,93)(H,83,94)(H,98,99)/t45-,50+,51+,52+,53+,54?,55+,56+,60+/m1/s1. The van der Waals surface area contributed by atoms with E-state index in [0.717, 1.165) is 0 Å². The normalized spacial score (nSPS) is 21.0. The molecule has 1 aromatic carbocycles. The molecule has 2 fully saturated rings. The molecule has 3 aliphatic rings. The molecule has 1 aromatic heterocycles. The van der Waals surface area contributed by atoms with E-state index in [1.807, 2.05) is 13.0 Å². The van der Waals surface area contributed by atoms with Crippen LogP contribution in [0.25, 0.3) is 0 Å². The number of aromatic nitrogens is 1. The highest BCUT2D eigenvalue weighted by Crippen LogP contribution is 2.27. The summed E-state index contributed by atoms with van der Waals surface area (Å²) in [7, 11) is 0. The van der Waals surface area contributed by atoms with Crippen LogP contribution in [-0.2, 0) is 89.7 Å². The van der Waals surface area contributed by atoms with Crippen LogP contribution in [0.15, 0.2) is 48.8 Å². The number of aliphatic hydroxyl groups is 1. The van der Waals surface area contributed by atoms with Crippen molar-refractivity contribution >= 4 is 94.5 Å². The molecule has 18 N–H and O–H groups in total. The molecule has 2 aromatic rings. The number of pyridine rings is 1. The van der Waals surface area contributed by atoms with Crippen LogP contribution >= 0.6 is 23.5 Å². The Bertz CT molecular complexity index is 3050. The number of benzene rings is 1. The van der Waals surface area contributed by atoms with E-state index in [0.29, 0.717) is 141 Å². The van der Waals surface area contributed by atoms with Gasteiger partial charge in [-0.2, -0.15) is 23.5 Å². The summed E-state index contributed by atoms with van der Waals surface area (Å²) in [6.45, 7) is 9.48. The Balaban J connectivity index is 1.21. The Labute approximate surface area is 616 Å². The summed E-state index contributed by atoms with van der Waals surface area (Å²) in [5.41, 5.74) is 18.6. The predicted octanol–water partition coefficient (Wildman–Crippen LogP) is -2.83. The number of aliphatic carboxylic acids is 1. The number of aliphatic hydroxyl groups excluding tert-OH is 1. The first kappa shape index (κ1) is 87.0. The number of nitrogens with zero attached hydrogens (tertiary/aromatic N) is 3. The van der Waals surface area contributed by atoms with Gasteiger partial charge in [0.1, 0.15) is 48.3 Å². The van der Waals surface area contributed by atoms with Gasteiger partial charge in [0.05, 0.1) is 38.4 Å². The number of ether oxygens (including phenoxy) is 3. The topological polar surface area (TPSA) is 491 Å². The number of nitrogens with two attached hydrogens (primary N) is 3. The second-order valence-electron chi connectivity index (χ2n) is 25.7. The lowest BCUT2D eigenvalue weighted by Crippen LogP contribution is -2.61. The average molecular weight is 1500 g/mol. The van der Waals surface area contributed by atoms with Crippen molar-refractivity contribution in [3.8, 4) is 0 Å². The molecule has 3 aliphatic heterocycles. The molecule has 5 rings (SSSR count). The third-order valence-corrected chi connectivity index (χ3v) is 19.5. The molecule has 0 aliphatic carbocycles. The van der Waals surface area contributed by atoms with Gasteiger partial charge in [-0.05, 0) is 75.0 Å². The fourth-order valence-electron chi connectivity index (χ4n) is 11.7. The maximum atomic E-state index is 15.1. The van der Waals surface area contributed by atoms with Gasteiger partial charge in [0.15, 0.2) is 0 Å². The number of primary amides is 1. The van der Waals surface area contributed by atoms with Crippen molar-refractivity contribution in [3.63, 3.8) is 0 Å². The largest absolute Gasteiger partial charge is 0.480 e. The molecule has 0 saturated carbocycles. The summed E-state index contributed by atoms with van der Waals surface area (Å²) in [5.74, 6) is -8.71. The fraction of sp³-hybridized carbons (Fsp3) is 0.667. The second-order valence-corrected chi connectivity index (χ2v) is 27.8. The summed E-state index contributed by atoms with van der Waals surface area (Å²) in [4.78, 5) is 172. The van der Waals surface area contributed by atoms with E-state index in [-0.39, 0.29) is 98.9 Å². The van der Waals surface area contributed by atoms with E-state index >= 15 is 4.79 Å². The van der Waals surface area contributed by atoms with Crippen LogP contribution in [0.4, 0.5) is 0 Å². The quantitative estimate of drug-likeness (QED) is 0.0300. The smallest absolute Gasteiger partial charge is 0.327 e. The van der Waals surface area contributed by atoms with Gasteiger partial charge in [0.25, 0.3) is 0 Å². The fourth-order valence-corrected chi connectivity index (χ4v) is 13.7. The summed E-state index contributed by atoms with van der Waals surface area (Å²) in [5, 5.41) is 49.3. The Kier molecular flexibility index (Phi) is 41.2. The minimum atomic E-state index is -1.74. The van der Waals surface area contributed by atoms with Gasteiger partial charge >= 0.3 is 5.97 Å². The number of hydrogen-bond donors (Lipinski definition) is 15. The van der Waals surface area contributed by atoms with Crippen LogP contribution in [0.2, 0.25) is 0 Å². The van der Waals surface area contributed by atoms with E-state index in [2.05, 4.69) is 58.2 Å². The molecular formula is C69H110N16O17S2. The first-order valence-corrected chi connectivity index (χ1v) is 38.3. The predicted molar refractivity (Wildman–Crippen MR) is 389 cm³/mol. The van der Waals surface area contributed by atoms with Crippen LogP contribution in [0.1, 0.15) is 114 Å². The first-order chi connectivity index (χ1) is 50.1. The maximum Gasteiger partial charge on any atom is 0.327 e. The molecule has 9 atom stereocenters. The number of carbonyl (C=O) groups excluding carboxylic acids is 11. The molecule has 2 bridgehead atoms. The maximum absolute atomic E-state index is 15.1. The summed E-state index contributed by atoms with van der Waals surface area (Å²) >= 11 is 2.46. The number of hydrogen-bond acceptors (Lipinski definition) is 23. The van der Waals surface area contributed by atoms with Crippen LogP contribution < -0.4 is 70.4 Å². The Morgan fingerprint density at radius 1 is 0.663 bits per heavy atom. The highest BCUT2D eigenvalue weighted by Gasteiger charge is 2.45. The molecule has 104 heavy (non-hydrogen) atoms. The van der Waals surface area contributed by atoms with Gasteiger partial charge in [0, 0.05) is 140 Å². The van der Waals surface area contributed by atoms with Crippen molar-refractivity contribution in [1.82, 2.24) is 68.0 Å². The monoisotopic (exact) mass is 1500 g/mol. The molecule has 35 heteroatoms. The highest BCUT2D eigenvalue weighted by molar-refractivity contribution is 7.98. The number of thioether (sulfide) groups is 2. The van der Waals surface area contributed by atoms with Gasteiger partial charge < -0.3 is 105 Å². The number of carboxylic acid groups (broad SMARTS) is 1. The Morgan fingerprint density at radius 2 is 1.24 bits per heavy atom. The number of carboxylic acids is 1. The lowest BCUT2D eigenvalue weighted by atomic mass is 10.0. The third kappa shape index (κ3) is 32.0. The van der Waals surface area contributed by atoms with Gasteiger partial charge in [-0.15, -0.1) is 0 Å². The van der Waals surface area contributed by atoms with Crippen molar-refractivity contribution in [1.29, 1.82) is 0 Å². The molecule has 11 amide bonds. The zero-order valence-corrected chi connectivity index (χ0v) is 61.5. The van der Waals surface area contributed by atoms with Crippen LogP contribution in [0.3, 0.4) is 0 Å². The zero-order chi connectivity index (χ0) is 75.6. The zero-order valence-electron chi connectivity index (χ0n) is 59.8. The van der Waals surface area contributed by atoms with Gasteiger partial charge in [-0.3, -0.25) is 57.7 Å². The minimum absolute atomic E-state index is 0.0199. The molecule has 580 valence electrons. The summed E-state index contributed by atoms with van der Waals surface area (Å²) in [6.07, 6.45) is 3.80. The first-order valence-electron chi connectivity index (χ1n) is 36.0. The molecule has 0 spiro atoms. The van der Waals surface area contributed by atoms with Crippen LogP contribution in [0, 0.1) is 5.92 Å². The van der Waals surface area contributed by atoms with Crippen molar-refractivity contribution in [2.45, 2.75) is 170 Å². The Hall–Kier alpha value is -7.61. The molecular weight excluding hydrogens is 1390 g/mol. The summed E-state index contributed by atoms with van der Waals surface area (Å²) < 4.78 is 16.8.